The van der Waals surface area contributed by atoms with E-state index in [1.165, 1.54) is 51.7 Å². The molecule has 0 aromatic carbocycles. The van der Waals surface area contributed by atoms with Crippen molar-refractivity contribution >= 4 is 0 Å². The van der Waals surface area contributed by atoms with Gasteiger partial charge in [0.05, 0.1) is 0 Å². The zero-order chi connectivity index (χ0) is 9.94. The van der Waals surface area contributed by atoms with Gasteiger partial charge < -0.3 is 10.6 Å². The van der Waals surface area contributed by atoms with Crippen LogP contribution in [0.5, 0.6) is 0 Å². The highest BCUT2D eigenvalue weighted by Crippen LogP contribution is 2.08. The summed E-state index contributed by atoms with van der Waals surface area (Å²) in [7, 11) is 0. The summed E-state index contributed by atoms with van der Waals surface area (Å²) in [4.78, 5) is 2.60. The first-order valence-corrected chi connectivity index (χ1v) is 5.77. The van der Waals surface area contributed by atoms with E-state index in [1.54, 1.807) is 0 Å². The van der Waals surface area contributed by atoms with Gasteiger partial charge in [0, 0.05) is 0 Å². The maximum atomic E-state index is 4.85. The number of nitrogens with zero attached hydrogens (tertiary/aromatic N) is 1. The molecular formula is C11H26N2. The van der Waals surface area contributed by atoms with Crippen LogP contribution in [0.2, 0.25) is 0 Å². The average Bonchev–Trinajstić information content (AvgIpc) is 2.18. The van der Waals surface area contributed by atoms with E-state index in [4.69, 9.17) is 5.73 Å². The molecule has 0 amide bonds. The van der Waals surface area contributed by atoms with Gasteiger partial charge in [-0.15, -0.1) is 0 Å². The standard InChI is InChI=1S/C9H19N.C2H7N/c1-2-3-7-10-8-5-4-6-9-10;1-2-3/h2-9H2,1H3;2-3H2,1H3. The number of hydrogen-bond donors (Lipinski definition) is 1. The molecule has 1 aliphatic rings. The smallest absolute Gasteiger partial charge is 0.00187 e. The molecular weight excluding hydrogens is 160 g/mol. The third-order valence-corrected chi connectivity index (χ3v) is 2.28. The molecule has 2 nitrogen and oxygen atoms in total. The molecule has 1 heterocycles. The van der Waals surface area contributed by atoms with E-state index in [-0.39, 0.29) is 0 Å². The maximum Gasteiger partial charge on any atom is -0.00187 e. The van der Waals surface area contributed by atoms with Crippen LogP contribution >= 0.6 is 0 Å². The molecule has 0 aromatic rings. The van der Waals surface area contributed by atoms with E-state index < -0.39 is 0 Å². The van der Waals surface area contributed by atoms with E-state index in [0.717, 1.165) is 6.54 Å². The molecule has 0 radical (unpaired) electrons. The second-order valence-electron chi connectivity index (χ2n) is 3.66. The third kappa shape index (κ3) is 8.26. The third-order valence-electron chi connectivity index (χ3n) is 2.28. The van der Waals surface area contributed by atoms with Crippen molar-refractivity contribution in [3.05, 3.63) is 0 Å². The average molecular weight is 186 g/mol. The Morgan fingerprint density at radius 2 is 1.62 bits per heavy atom. The summed E-state index contributed by atoms with van der Waals surface area (Å²) in [6.45, 7) is 8.99. The van der Waals surface area contributed by atoms with Crippen LogP contribution in [0.3, 0.4) is 0 Å². The van der Waals surface area contributed by atoms with Gasteiger partial charge in [0.2, 0.25) is 0 Å². The minimum Gasteiger partial charge on any atom is -0.331 e. The summed E-state index contributed by atoms with van der Waals surface area (Å²) in [5, 5.41) is 0. The lowest BCUT2D eigenvalue weighted by atomic mass is 10.1. The Bertz CT molecular complexity index is 88.1. The molecule has 0 unspecified atom stereocenters. The Balaban J connectivity index is 0.000000424. The van der Waals surface area contributed by atoms with E-state index in [1.807, 2.05) is 6.92 Å². The predicted octanol–water partition coefficient (Wildman–Crippen LogP) is 2.24. The minimum atomic E-state index is 0.750. The van der Waals surface area contributed by atoms with Crippen LogP contribution in [-0.4, -0.2) is 31.1 Å². The first-order valence-electron chi connectivity index (χ1n) is 5.77. The van der Waals surface area contributed by atoms with Gasteiger partial charge in [0.1, 0.15) is 0 Å². The Kier molecular flexibility index (Phi) is 9.94. The largest absolute Gasteiger partial charge is 0.331 e. The zero-order valence-corrected chi connectivity index (χ0v) is 9.39. The maximum absolute atomic E-state index is 4.85. The minimum absolute atomic E-state index is 0.750. The highest BCUT2D eigenvalue weighted by molar-refractivity contribution is 4.63. The number of hydrogen-bond acceptors (Lipinski definition) is 2. The van der Waals surface area contributed by atoms with Gasteiger partial charge in [-0.3, -0.25) is 0 Å². The quantitative estimate of drug-likeness (QED) is 0.732. The van der Waals surface area contributed by atoms with E-state index in [2.05, 4.69) is 11.8 Å². The summed E-state index contributed by atoms with van der Waals surface area (Å²) in [5.41, 5.74) is 4.85. The molecule has 0 spiro atoms. The molecule has 0 bridgehead atoms. The van der Waals surface area contributed by atoms with E-state index in [0.29, 0.717) is 0 Å². The van der Waals surface area contributed by atoms with Crippen LogP contribution in [0.1, 0.15) is 46.0 Å². The van der Waals surface area contributed by atoms with Crippen LogP contribution < -0.4 is 5.73 Å². The topological polar surface area (TPSA) is 29.3 Å². The van der Waals surface area contributed by atoms with E-state index >= 15 is 0 Å². The molecule has 0 aliphatic carbocycles. The van der Waals surface area contributed by atoms with Crippen LogP contribution in [0.4, 0.5) is 0 Å². The normalized spacial score (nSPS) is 17.8. The van der Waals surface area contributed by atoms with Crippen molar-refractivity contribution < 1.29 is 0 Å². The second-order valence-corrected chi connectivity index (χ2v) is 3.66. The van der Waals surface area contributed by atoms with Gasteiger partial charge in [0.15, 0.2) is 0 Å². The van der Waals surface area contributed by atoms with Crippen molar-refractivity contribution in [2.24, 2.45) is 5.73 Å². The van der Waals surface area contributed by atoms with E-state index in [9.17, 15) is 0 Å². The molecule has 0 atom stereocenters. The van der Waals surface area contributed by atoms with Crippen LogP contribution in [0.25, 0.3) is 0 Å². The summed E-state index contributed by atoms with van der Waals surface area (Å²) in [5.74, 6) is 0. The number of rotatable bonds is 3. The van der Waals surface area contributed by atoms with Crippen LogP contribution in [-0.2, 0) is 0 Å². The van der Waals surface area contributed by atoms with Gasteiger partial charge in [0.25, 0.3) is 0 Å². The zero-order valence-electron chi connectivity index (χ0n) is 9.39. The second kappa shape index (κ2) is 10.0. The van der Waals surface area contributed by atoms with Crippen molar-refractivity contribution in [2.75, 3.05) is 26.2 Å². The fraction of sp³-hybridized carbons (Fsp3) is 1.00. The van der Waals surface area contributed by atoms with Gasteiger partial charge in [-0.25, -0.2) is 0 Å². The molecule has 1 rings (SSSR count). The number of nitrogens with two attached hydrogens (primary N) is 1. The van der Waals surface area contributed by atoms with Gasteiger partial charge in [-0.2, -0.15) is 0 Å². The molecule has 1 aliphatic heterocycles. The van der Waals surface area contributed by atoms with Crippen molar-refractivity contribution in [3.8, 4) is 0 Å². The first-order chi connectivity index (χ1) is 6.35. The molecule has 2 N–H and O–H groups in total. The monoisotopic (exact) mass is 186 g/mol. The summed E-state index contributed by atoms with van der Waals surface area (Å²) < 4.78 is 0. The first kappa shape index (κ1) is 12.9. The fourth-order valence-corrected chi connectivity index (χ4v) is 1.56. The molecule has 2 heteroatoms. The molecule has 0 saturated carbocycles. The van der Waals surface area contributed by atoms with Gasteiger partial charge in [-0.05, 0) is 45.4 Å². The summed E-state index contributed by atoms with van der Waals surface area (Å²) >= 11 is 0. The Labute approximate surface area is 83.5 Å². The highest BCUT2D eigenvalue weighted by atomic mass is 15.1. The molecule has 1 fully saturated rings. The number of piperidine rings is 1. The lowest BCUT2D eigenvalue weighted by Crippen LogP contribution is -2.30. The lowest BCUT2D eigenvalue weighted by molar-refractivity contribution is 0.226. The molecule has 1 saturated heterocycles. The van der Waals surface area contributed by atoms with Crippen molar-refractivity contribution in [3.63, 3.8) is 0 Å². The predicted molar refractivity (Wildman–Crippen MR) is 59.9 cm³/mol. The molecule has 13 heavy (non-hydrogen) atoms. The van der Waals surface area contributed by atoms with Crippen molar-refractivity contribution in [1.82, 2.24) is 4.90 Å². The van der Waals surface area contributed by atoms with Crippen molar-refractivity contribution in [2.45, 2.75) is 46.0 Å². The molecule has 0 aromatic heterocycles. The summed E-state index contributed by atoms with van der Waals surface area (Å²) in [6.07, 6.45) is 7.06. The number of unbranched alkanes of at least 4 members (excludes halogenated alkanes) is 1. The Morgan fingerprint density at radius 3 is 2.08 bits per heavy atom. The SMILES string of the molecule is CCCCN1CCCCC1.CCN. The number of likely N-dealkylation sites (tertiary alicyclic amines) is 1. The Morgan fingerprint density at radius 1 is 1.08 bits per heavy atom. The summed E-state index contributed by atoms with van der Waals surface area (Å²) in [6, 6.07) is 0. The Hall–Kier alpha value is -0.0800. The van der Waals surface area contributed by atoms with Gasteiger partial charge in [-0.1, -0.05) is 26.7 Å². The molecule has 80 valence electrons. The van der Waals surface area contributed by atoms with Crippen LogP contribution in [0, 0.1) is 0 Å². The highest BCUT2D eigenvalue weighted by Gasteiger charge is 2.07. The fourth-order valence-electron chi connectivity index (χ4n) is 1.56. The lowest BCUT2D eigenvalue weighted by Gasteiger charge is -2.25. The van der Waals surface area contributed by atoms with Crippen molar-refractivity contribution in [1.29, 1.82) is 0 Å². The van der Waals surface area contributed by atoms with Gasteiger partial charge >= 0.3 is 0 Å². The van der Waals surface area contributed by atoms with Crippen LogP contribution in [0.15, 0.2) is 0 Å².